The normalized spacial score (nSPS) is 25.2. The fraction of sp³-hybridized carbons (Fsp3) is 0.455. The summed E-state index contributed by atoms with van der Waals surface area (Å²) in [6.07, 6.45) is 0.682. The molecule has 1 fully saturated rings. The van der Waals surface area contributed by atoms with Crippen LogP contribution in [0.4, 0.5) is 4.39 Å². The Balaban J connectivity index is 2.15. The molecule has 0 unspecified atom stereocenters. The van der Waals surface area contributed by atoms with Crippen LogP contribution in [0.15, 0.2) is 24.3 Å². The number of sulfone groups is 1. The molecule has 0 radical (unpaired) electrons. The fourth-order valence-corrected chi connectivity index (χ4v) is 3.43. The van der Waals surface area contributed by atoms with Crippen molar-refractivity contribution in [2.45, 2.75) is 24.5 Å². The van der Waals surface area contributed by atoms with Crippen LogP contribution in [-0.4, -0.2) is 19.4 Å². The number of hydrogen-bond donors (Lipinski definition) is 0. The molecular weight excluding hydrogens is 215 g/mol. The van der Waals surface area contributed by atoms with Crippen molar-refractivity contribution < 1.29 is 12.8 Å². The highest BCUT2D eigenvalue weighted by Crippen LogP contribution is 2.46. The van der Waals surface area contributed by atoms with Gasteiger partial charge < -0.3 is 0 Å². The van der Waals surface area contributed by atoms with Gasteiger partial charge in [-0.25, -0.2) is 12.8 Å². The summed E-state index contributed by atoms with van der Waals surface area (Å²) in [6.45, 7) is 1.66. The lowest BCUT2D eigenvalue weighted by Crippen LogP contribution is -2.10. The molecule has 1 aliphatic carbocycles. The SMILES string of the molecule is CCS(=O)(=O)[C@H]1C[C@H]1c1ccc(F)cc1. The third kappa shape index (κ3) is 2.04. The van der Waals surface area contributed by atoms with Crippen LogP contribution < -0.4 is 0 Å². The summed E-state index contributed by atoms with van der Waals surface area (Å²) in [5.41, 5.74) is 0.929. The molecule has 0 aliphatic heterocycles. The topological polar surface area (TPSA) is 34.1 Å². The fourth-order valence-electron chi connectivity index (χ4n) is 1.84. The second kappa shape index (κ2) is 3.59. The highest BCUT2D eigenvalue weighted by molar-refractivity contribution is 7.92. The van der Waals surface area contributed by atoms with E-state index in [4.69, 9.17) is 0 Å². The Bertz CT molecular complexity index is 450. The van der Waals surface area contributed by atoms with Crippen LogP contribution >= 0.6 is 0 Å². The molecule has 0 aromatic heterocycles. The first-order chi connectivity index (χ1) is 7.04. The molecule has 1 aromatic rings. The number of benzene rings is 1. The zero-order chi connectivity index (χ0) is 11.1. The molecule has 1 aliphatic rings. The molecule has 1 saturated carbocycles. The third-order valence-corrected chi connectivity index (χ3v) is 5.14. The predicted octanol–water partition coefficient (Wildman–Crippen LogP) is 2.12. The van der Waals surface area contributed by atoms with E-state index in [0.717, 1.165) is 5.56 Å². The van der Waals surface area contributed by atoms with Gasteiger partial charge in [0.05, 0.1) is 5.25 Å². The van der Waals surface area contributed by atoms with E-state index >= 15 is 0 Å². The van der Waals surface area contributed by atoms with Crippen LogP contribution in [0.3, 0.4) is 0 Å². The maximum absolute atomic E-state index is 12.6. The number of halogens is 1. The second-order valence-electron chi connectivity index (χ2n) is 3.88. The first-order valence-corrected chi connectivity index (χ1v) is 6.73. The van der Waals surface area contributed by atoms with Gasteiger partial charge in [-0.15, -0.1) is 0 Å². The molecule has 2 atom stereocenters. The van der Waals surface area contributed by atoms with Gasteiger partial charge in [-0.05, 0) is 24.1 Å². The maximum Gasteiger partial charge on any atom is 0.153 e. The van der Waals surface area contributed by atoms with Crippen molar-refractivity contribution >= 4 is 9.84 Å². The van der Waals surface area contributed by atoms with Crippen molar-refractivity contribution in [3.05, 3.63) is 35.6 Å². The molecule has 0 amide bonds. The Kier molecular flexibility index (Phi) is 2.54. The van der Waals surface area contributed by atoms with Crippen molar-refractivity contribution in [2.24, 2.45) is 0 Å². The van der Waals surface area contributed by atoms with Crippen LogP contribution in [0.5, 0.6) is 0 Å². The van der Waals surface area contributed by atoms with Gasteiger partial charge in [-0.1, -0.05) is 19.1 Å². The Morgan fingerprint density at radius 2 is 1.93 bits per heavy atom. The lowest BCUT2D eigenvalue weighted by Gasteiger charge is -2.00. The molecule has 0 heterocycles. The monoisotopic (exact) mass is 228 g/mol. The van der Waals surface area contributed by atoms with Crippen LogP contribution in [0, 0.1) is 5.82 Å². The van der Waals surface area contributed by atoms with Gasteiger partial charge in [0.1, 0.15) is 5.82 Å². The molecule has 0 spiro atoms. The Morgan fingerprint density at radius 3 is 2.47 bits per heavy atom. The summed E-state index contributed by atoms with van der Waals surface area (Å²) in [6, 6.07) is 6.10. The number of hydrogen-bond acceptors (Lipinski definition) is 2. The van der Waals surface area contributed by atoms with Gasteiger partial charge in [-0.3, -0.25) is 0 Å². The highest BCUT2D eigenvalue weighted by atomic mass is 32.2. The zero-order valence-electron chi connectivity index (χ0n) is 8.48. The molecule has 0 N–H and O–H groups in total. The Hall–Kier alpha value is -0.900. The Labute approximate surface area is 89.0 Å². The maximum atomic E-state index is 12.6. The van der Waals surface area contributed by atoms with Crippen LogP contribution in [0.1, 0.15) is 24.8 Å². The molecule has 2 nitrogen and oxygen atoms in total. The van der Waals surface area contributed by atoms with Crippen molar-refractivity contribution in [3.8, 4) is 0 Å². The van der Waals surface area contributed by atoms with Crippen LogP contribution in [-0.2, 0) is 9.84 Å². The minimum atomic E-state index is -2.93. The van der Waals surface area contributed by atoms with Gasteiger partial charge in [0.15, 0.2) is 9.84 Å². The van der Waals surface area contributed by atoms with E-state index < -0.39 is 9.84 Å². The summed E-state index contributed by atoms with van der Waals surface area (Å²) >= 11 is 0. The van der Waals surface area contributed by atoms with E-state index in [1.807, 2.05) is 0 Å². The van der Waals surface area contributed by atoms with Gasteiger partial charge in [0.2, 0.25) is 0 Å². The third-order valence-electron chi connectivity index (χ3n) is 2.89. The van der Waals surface area contributed by atoms with Crippen molar-refractivity contribution in [1.82, 2.24) is 0 Å². The minimum Gasteiger partial charge on any atom is -0.229 e. The first-order valence-electron chi connectivity index (χ1n) is 5.01. The van der Waals surface area contributed by atoms with Crippen molar-refractivity contribution in [3.63, 3.8) is 0 Å². The summed E-state index contributed by atoms with van der Waals surface area (Å²) in [7, 11) is -2.93. The summed E-state index contributed by atoms with van der Waals surface area (Å²) in [4.78, 5) is 0. The van der Waals surface area contributed by atoms with E-state index in [9.17, 15) is 12.8 Å². The lowest BCUT2D eigenvalue weighted by atomic mass is 10.1. The minimum absolute atomic E-state index is 0.0792. The highest BCUT2D eigenvalue weighted by Gasteiger charge is 2.46. The molecule has 2 rings (SSSR count). The standard InChI is InChI=1S/C11H13FO2S/c1-2-15(13,14)11-7-10(11)8-3-5-9(12)6-4-8/h3-6,10-11H,2,7H2,1H3/t10-,11-/m0/s1. The second-order valence-corrected chi connectivity index (χ2v) is 6.39. The van der Waals surface area contributed by atoms with Gasteiger partial charge >= 0.3 is 0 Å². The van der Waals surface area contributed by atoms with E-state index in [-0.39, 0.29) is 22.7 Å². The van der Waals surface area contributed by atoms with Crippen LogP contribution in [0.2, 0.25) is 0 Å². The van der Waals surface area contributed by atoms with E-state index in [0.29, 0.717) is 6.42 Å². The van der Waals surface area contributed by atoms with Crippen molar-refractivity contribution in [2.75, 3.05) is 5.75 Å². The molecule has 4 heteroatoms. The van der Waals surface area contributed by atoms with Crippen LogP contribution in [0.25, 0.3) is 0 Å². The molecule has 0 bridgehead atoms. The zero-order valence-corrected chi connectivity index (χ0v) is 9.30. The summed E-state index contributed by atoms with van der Waals surface area (Å²) in [5, 5.41) is -0.243. The molecule has 15 heavy (non-hydrogen) atoms. The molecule has 0 saturated heterocycles. The number of rotatable bonds is 3. The van der Waals surface area contributed by atoms with Crippen molar-refractivity contribution in [1.29, 1.82) is 0 Å². The molecule has 1 aromatic carbocycles. The first kappa shape index (κ1) is 10.6. The smallest absolute Gasteiger partial charge is 0.153 e. The molecular formula is C11H13FO2S. The van der Waals surface area contributed by atoms with Gasteiger partial charge in [0.25, 0.3) is 0 Å². The largest absolute Gasteiger partial charge is 0.229 e. The molecule has 82 valence electrons. The lowest BCUT2D eigenvalue weighted by molar-refractivity contribution is 0.595. The van der Waals surface area contributed by atoms with E-state index in [1.165, 1.54) is 12.1 Å². The average molecular weight is 228 g/mol. The average Bonchev–Trinajstić information content (AvgIpc) is 2.99. The van der Waals surface area contributed by atoms with E-state index in [1.54, 1.807) is 19.1 Å². The summed E-state index contributed by atoms with van der Waals surface area (Å²) < 4.78 is 35.7. The quantitative estimate of drug-likeness (QED) is 0.794. The van der Waals surface area contributed by atoms with Gasteiger partial charge in [0, 0.05) is 11.7 Å². The van der Waals surface area contributed by atoms with E-state index in [2.05, 4.69) is 0 Å². The Morgan fingerprint density at radius 1 is 1.33 bits per heavy atom. The van der Waals surface area contributed by atoms with Gasteiger partial charge in [-0.2, -0.15) is 0 Å². The predicted molar refractivity (Wildman–Crippen MR) is 57.0 cm³/mol. The summed E-state index contributed by atoms with van der Waals surface area (Å²) in [5.74, 6) is -0.0140.